The lowest BCUT2D eigenvalue weighted by Crippen LogP contribution is -2.51. The molecular formula is C14H24N4O2S. The normalized spacial score (nSPS) is 18.8. The Morgan fingerprint density at radius 2 is 1.86 bits per heavy atom. The second kappa shape index (κ2) is 7.33. The van der Waals surface area contributed by atoms with Gasteiger partial charge in [-0.15, -0.1) is 0 Å². The topological polar surface area (TPSA) is 64.7 Å². The van der Waals surface area contributed by atoms with Crippen LogP contribution in [0.1, 0.15) is 11.6 Å². The van der Waals surface area contributed by atoms with Crippen molar-refractivity contribution in [1.82, 2.24) is 19.2 Å². The van der Waals surface area contributed by atoms with Crippen molar-refractivity contribution in [2.45, 2.75) is 6.04 Å². The Morgan fingerprint density at radius 3 is 2.43 bits per heavy atom. The maximum Gasteiger partial charge on any atom is 0.279 e. The van der Waals surface area contributed by atoms with Crippen LogP contribution in [0.25, 0.3) is 0 Å². The highest BCUT2D eigenvalue weighted by molar-refractivity contribution is 7.87. The van der Waals surface area contributed by atoms with Gasteiger partial charge in [-0.2, -0.15) is 12.7 Å². The van der Waals surface area contributed by atoms with Gasteiger partial charge in [-0.05, 0) is 19.7 Å². The number of hydrogen-bond acceptors (Lipinski definition) is 4. The Hall–Kier alpha value is -0.990. The third-order valence-electron chi connectivity index (χ3n) is 3.68. The molecule has 0 bridgehead atoms. The summed E-state index contributed by atoms with van der Waals surface area (Å²) in [6, 6.07) is 9.95. The molecule has 0 aromatic heterocycles. The monoisotopic (exact) mass is 312 g/mol. The van der Waals surface area contributed by atoms with E-state index in [1.807, 2.05) is 49.3 Å². The van der Waals surface area contributed by atoms with Gasteiger partial charge in [0.25, 0.3) is 10.2 Å². The zero-order chi connectivity index (χ0) is 15.3. The number of benzene rings is 1. The van der Waals surface area contributed by atoms with Crippen LogP contribution in [-0.2, 0) is 10.2 Å². The fraction of sp³-hybridized carbons (Fsp3) is 0.571. The Balaban J connectivity index is 2.01. The van der Waals surface area contributed by atoms with Gasteiger partial charge in [-0.25, -0.2) is 4.72 Å². The van der Waals surface area contributed by atoms with Gasteiger partial charge in [-0.1, -0.05) is 30.3 Å². The summed E-state index contributed by atoms with van der Waals surface area (Å²) in [6.45, 7) is 2.82. The molecule has 1 atom stereocenters. The lowest BCUT2D eigenvalue weighted by atomic mass is 10.1. The Labute approximate surface area is 127 Å². The average molecular weight is 312 g/mol. The summed E-state index contributed by atoms with van der Waals surface area (Å²) < 4.78 is 28.9. The van der Waals surface area contributed by atoms with Crippen LogP contribution in [0.15, 0.2) is 30.3 Å². The van der Waals surface area contributed by atoms with Crippen molar-refractivity contribution < 1.29 is 8.42 Å². The van der Waals surface area contributed by atoms with Crippen LogP contribution < -0.4 is 10.0 Å². The number of rotatable bonds is 6. The molecule has 0 saturated carbocycles. The van der Waals surface area contributed by atoms with Gasteiger partial charge in [0.2, 0.25) is 0 Å². The number of hydrogen-bond donors (Lipinski definition) is 2. The Morgan fingerprint density at radius 1 is 1.24 bits per heavy atom. The predicted octanol–water partition coefficient (Wildman–Crippen LogP) is 0.0289. The number of nitrogens with zero attached hydrogens (tertiary/aromatic N) is 2. The molecule has 1 saturated heterocycles. The van der Waals surface area contributed by atoms with Crippen LogP contribution in [0, 0.1) is 0 Å². The van der Waals surface area contributed by atoms with Crippen molar-refractivity contribution in [3.05, 3.63) is 35.9 Å². The van der Waals surface area contributed by atoms with E-state index in [9.17, 15) is 8.42 Å². The molecule has 1 fully saturated rings. The van der Waals surface area contributed by atoms with E-state index in [0.717, 1.165) is 5.56 Å². The molecule has 1 aliphatic heterocycles. The summed E-state index contributed by atoms with van der Waals surface area (Å²) in [6.07, 6.45) is 0. The van der Waals surface area contributed by atoms with E-state index in [1.165, 1.54) is 4.31 Å². The van der Waals surface area contributed by atoms with Gasteiger partial charge < -0.3 is 10.2 Å². The molecule has 0 spiro atoms. The van der Waals surface area contributed by atoms with E-state index in [4.69, 9.17) is 0 Å². The molecule has 118 valence electrons. The standard InChI is InChI=1S/C14H24N4O2S/c1-17(2)14(13-6-4-3-5-7-13)12-16-21(19,20)18-10-8-15-9-11-18/h3-7,14-16H,8-12H2,1-2H3. The average Bonchev–Trinajstić information content (AvgIpc) is 2.49. The largest absolute Gasteiger partial charge is 0.314 e. The van der Waals surface area contributed by atoms with Crippen molar-refractivity contribution in [3.8, 4) is 0 Å². The van der Waals surface area contributed by atoms with Gasteiger partial charge in [0.15, 0.2) is 0 Å². The van der Waals surface area contributed by atoms with Crippen molar-refractivity contribution >= 4 is 10.2 Å². The number of nitrogens with one attached hydrogen (secondary N) is 2. The van der Waals surface area contributed by atoms with Gasteiger partial charge in [0, 0.05) is 38.8 Å². The maximum absolute atomic E-state index is 12.3. The molecule has 0 aliphatic carbocycles. The minimum absolute atomic E-state index is 0.0175. The minimum Gasteiger partial charge on any atom is -0.314 e. The zero-order valence-corrected chi connectivity index (χ0v) is 13.4. The molecule has 21 heavy (non-hydrogen) atoms. The quantitative estimate of drug-likeness (QED) is 0.778. The van der Waals surface area contributed by atoms with Gasteiger partial charge in [0.1, 0.15) is 0 Å². The third kappa shape index (κ3) is 4.49. The van der Waals surface area contributed by atoms with E-state index in [-0.39, 0.29) is 6.04 Å². The summed E-state index contributed by atoms with van der Waals surface area (Å²) in [4.78, 5) is 2.02. The van der Waals surface area contributed by atoms with Gasteiger partial charge in [-0.3, -0.25) is 0 Å². The lowest BCUT2D eigenvalue weighted by Gasteiger charge is -2.29. The van der Waals surface area contributed by atoms with E-state index < -0.39 is 10.2 Å². The summed E-state index contributed by atoms with van der Waals surface area (Å²) >= 11 is 0. The van der Waals surface area contributed by atoms with Crippen LogP contribution in [0.2, 0.25) is 0 Å². The van der Waals surface area contributed by atoms with Gasteiger partial charge in [0.05, 0.1) is 0 Å². The van der Waals surface area contributed by atoms with E-state index in [2.05, 4.69) is 10.0 Å². The molecular weight excluding hydrogens is 288 g/mol. The molecule has 2 N–H and O–H groups in total. The first-order valence-electron chi connectivity index (χ1n) is 7.17. The molecule has 1 heterocycles. The summed E-state index contributed by atoms with van der Waals surface area (Å²) in [5.41, 5.74) is 1.10. The summed E-state index contributed by atoms with van der Waals surface area (Å²) in [7, 11) is 0.507. The molecule has 7 heteroatoms. The molecule has 1 aromatic rings. The molecule has 1 aliphatic rings. The molecule has 0 radical (unpaired) electrons. The zero-order valence-electron chi connectivity index (χ0n) is 12.6. The molecule has 6 nitrogen and oxygen atoms in total. The molecule has 0 amide bonds. The molecule has 1 unspecified atom stereocenters. The first-order valence-corrected chi connectivity index (χ1v) is 8.61. The minimum atomic E-state index is -3.40. The number of likely N-dealkylation sites (N-methyl/N-ethyl adjacent to an activating group) is 1. The maximum atomic E-state index is 12.3. The number of piperazine rings is 1. The van der Waals surface area contributed by atoms with Crippen LogP contribution in [-0.4, -0.2) is 64.4 Å². The van der Waals surface area contributed by atoms with Crippen molar-refractivity contribution in [3.63, 3.8) is 0 Å². The van der Waals surface area contributed by atoms with Crippen LogP contribution in [0.5, 0.6) is 0 Å². The second-order valence-corrected chi connectivity index (χ2v) is 7.15. The Kier molecular flexibility index (Phi) is 5.72. The van der Waals surface area contributed by atoms with Crippen LogP contribution >= 0.6 is 0 Å². The highest BCUT2D eigenvalue weighted by atomic mass is 32.2. The predicted molar refractivity (Wildman–Crippen MR) is 84.2 cm³/mol. The third-order valence-corrected chi connectivity index (χ3v) is 5.26. The smallest absolute Gasteiger partial charge is 0.279 e. The molecule has 1 aromatic carbocycles. The van der Waals surface area contributed by atoms with E-state index >= 15 is 0 Å². The lowest BCUT2D eigenvalue weighted by molar-refractivity contribution is 0.294. The highest BCUT2D eigenvalue weighted by Gasteiger charge is 2.25. The van der Waals surface area contributed by atoms with Gasteiger partial charge >= 0.3 is 0 Å². The second-order valence-electron chi connectivity index (χ2n) is 5.39. The van der Waals surface area contributed by atoms with E-state index in [0.29, 0.717) is 32.7 Å². The van der Waals surface area contributed by atoms with Crippen LogP contribution in [0.4, 0.5) is 0 Å². The Bertz CT molecular complexity index is 527. The summed E-state index contributed by atoms with van der Waals surface area (Å²) in [5, 5.41) is 3.15. The highest BCUT2D eigenvalue weighted by Crippen LogP contribution is 2.17. The molecule has 2 rings (SSSR count). The first-order chi connectivity index (χ1) is 10.0. The fourth-order valence-corrected chi connectivity index (χ4v) is 3.65. The SMILES string of the molecule is CN(C)C(CNS(=O)(=O)N1CCNCC1)c1ccccc1. The van der Waals surface area contributed by atoms with Crippen molar-refractivity contribution in [1.29, 1.82) is 0 Å². The van der Waals surface area contributed by atoms with Crippen LogP contribution in [0.3, 0.4) is 0 Å². The van der Waals surface area contributed by atoms with E-state index in [1.54, 1.807) is 0 Å². The first kappa shape index (κ1) is 16.4. The fourth-order valence-electron chi connectivity index (χ4n) is 2.43. The summed E-state index contributed by atoms with van der Waals surface area (Å²) in [5.74, 6) is 0. The van der Waals surface area contributed by atoms with Crippen molar-refractivity contribution in [2.75, 3.05) is 46.8 Å². The van der Waals surface area contributed by atoms with Crippen molar-refractivity contribution in [2.24, 2.45) is 0 Å².